The summed E-state index contributed by atoms with van der Waals surface area (Å²) < 4.78 is 24.1. The molecule has 0 amide bonds. The Labute approximate surface area is 117 Å². The Balaban J connectivity index is 2.06. The number of aromatic nitrogens is 1. The predicted molar refractivity (Wildman–Crippen MR) is 74.3 cm³/mol. The monoisotopic (exact) mass is 276 g/mol. The molecule has 0 aliphatic heterocycles. The maximum absolute atomic E-state index is 13.6. The van der Waals surface area contributed by atoms with Crippen LogP contribution in [0, 0.1) is 5.82 Å². The highest BCUT2D eigenvalue weighted by Crippen LogP contribution is 2.24. The zero-order valence-corrected chi connectivity index (χ0v) is 11.3. The van der Waals surface area contributed by atoms with E-state index >= 15 is 0 Å². The summed E-state index contributed by atoms with van der Waals surface area (Å²) in [5.41, 5.74) is 0.867. The molecule has 5 heteroatoms. The van der Waals surface area contributed by atoms with Crippen LogP contribution in [0.15, 0.2) is 42.6 Å². The molecule has 2 rings (SSSR count). The fraction of sp³-hybridized carbons (Fsp3) is 0.267. The Morgan fingerprint density at radius 1 is 1.20 bits per heavy atom. The number of nitrogens with one attached hydrogen (secondary N) is 1. The van der Waals surface area contributed by atoms with Crippen molar-refractivity contribution in [3.8, 4) is 11.6 Å². The number of halogens is 1. The van der Waals surface area contributed by atoms with Crippen LogP contribution in [-0.4, -0.2) is 25.2 Å². The Kier molecular flexibility index (Phi) is 5.46. The molecule has 0 aliphatic rings. The molecule has 0 unspecified atom stereocenters. The van der Waals surface area contributed by atoms with Gasteiger partial charge in [-0.3, -0.25) is 0 Å². The van der Waals surface area contributed by atoms with E-state index in [9.17, 15) is 4.39 Å². The fourth-order valence-electron chi connectivity index (χ4n) is 1.68. The van der Waals surface area contributed by atoms with Gasteiger partial charge in [0.05, 0.1) is 6.61 Å². The van der Waals surface area contributed by atoms with E-state index in [4.69, 9.17) is 9.47 Å². The summed E-state index contributed by atoms with van der Waals surface area (Å²) in [7, 11) is 1.65. The lowest BCUT2D eigenvalue weighted by Gasteiger charge is -2.11. The number of benzene rings is 1. The Hall–Kier alpha value is -1.98. The standard InChI is InChI=1S/C15H17FN2O2/c1-19-10-9-17-11-12-5-4-8-18-15(12)20-14-7-3-2-6-13(14)16/h2-8,17H,9-11H2,1H3. The highest BCUT2D eigenvalue weighted by Gasteiger charge is 2.08. The summed E-state index contributed by atoms with van der Waals surface area (Å²) in [5, 5.41) is 3.20. The average molecular weight is 276 g/mol. The van der Waals surface area contributed by atoms with E-state index in [1.54, 1.807) is 31.5 Å². The summed E-state index contributed by atoms with van der Waals surface area (Å²) in [6, 6.07) is 9.98. The van der Waals surface area contributed by atoms with E-state index in [1.165, 1.54) is 6.07 Å². The molecule has 20 heavy (non-hydrogen) atoms. The van der Waals surface area contributed by atoms with Crippen molar-refractivity contribution in [2.75, 3.05) is 20.3 Å². The van der Waals surface area contributed by atoms with Crippen molar-refractivity contribution in [3.05, 3.63) is 54.0 Å². The third-order valence-electron chi connectivity index (χ3n) is 2.69. The lowest BCUT2D eigenvalue weighted by Crippen LogP contribution is -2.19. The van der Waals surface area contributed by atoms with Gasteiger partial charge >= 0.3 is 0 Å². The number of methoxy groups -OCH3 is 1. The van der Waals surface area contributed by atoms with Gasteiger partial charge in [-0.2, -0.15) is 0 Å². The molecule has 0 saturated carbocycles. The predicted octanol–water partition coefficient (Wildman–Crippen LogP) is 2.75. The largest absolute Gasteiger partial charge is 0.436 e. The zero-order valence-electron chi connectivity index (χ0n) is 11.3. The first kappa shape index (κ1) is 14.4. The second kappa shape index (κ2) is 7.57. The summed E-state index contributed by atoms with van der Waals surface area (Å²) in [6.07, 6.45) is 1.62. The lowest BCUT2D eigenvalue weighted by atomic mass is 10.2. The zero-order chi connectivity index (χ0) is 14.2. The highest BCUT2D eigenvalue weighted by molar-refractivity contribution is 5.32. The number of rotatable bonds is 7. The topological polar surface area (TPSA) is 43.4 Å². The maximum Gasteiger partial charge on any atom is 0.223 e. The second-order valence-electron chi connectivity index (χ2n) is 4.17. The first-order chi connectivity index (χ1) is 9.81. The van der Waals surface area contributed by atoms with Gasteiger partial charge in [-0.05, 0) is 18.2 Å². The van der Waals surface area contributed by atoms with Gasteiger partial charge in [0.25, 0.3) is 0 Å². The van der Waals surface area contributed by atoms with Gasteiger partial charge in [0.2, 0.25) is 5.88 Å². The summed E-state index contributed by atoms with van der Waals surface area (Å²) >= 11 is 0. The van der Waals surface area contributed by atoms with Crippen molar-refractivity contribution in [3.63, 3.8) is 0 Å². The quantitative estimate of drug-likeness (QED) is 0.790. The first-order valence-corrected chi connectivity index (χ1v) is 6.37. The molecule has 1 aromatic carbocycles. The molecule has 0 fully saturated rings. The fourth-order valence-corrected chi connectivity index (χ4v) is 1.68. The van der Waals surface area contributed by atoms with Crippen LogP contribution in [0.25, 0.3) is 0 Å². The first-order valence-electron chi connectivity index (χ1n) is 6.37. The van der Waals surface area contributed by atoms with Crippen LogP contribution in [0.4, 0.5) is 4.39 Å². The molecule has 4 nitrogen and oxygen atoms in total. The molecule has 1 heterocycles. The van der Waals surface area contributed by atoms with Crippen LogP contribution in [-0.2, 0) is 11.3 Å². The van der Waals surface area contributed by atoms with Crippen molar-refractivity contribution in [2.45, 2.75) is 6.54 Å². The Morgan fingerprint density at radius 2 is 2.05 bits per heavy atom. The number of hydrogen-bond donors (Lipinski definition) is 1. The molecule has 106 valence electrons. The van der Waals surface area contributed by atoms with E-state index in [-0.39, 0.29) is 5.75 Å². The minimum absolute atomic E-state index is 0.171. The highest BCUT2D eigenvalue weighted by atomic mass is 19.1. The molecule has 0 spiro atoms. The summed E-state index contributed by atoms with van der Waals surface area (Å²) in [5.74, 6) is 0.170. The molecule has 1 N–H and O–H groups in total. The Morgan fingerprint density at radius 3 is 2.85 bits per heavy atom. The normalized spacial score (nSPS) is 10.5. The van der Waals surface area contributed by atoms with Gasteiger partial charge in [0, 0.05) is 32.0 Å². The number of ether oxygens (including phenoxy) is 2. The van der Waals surface area contributed by atoms with Crippen molar-refractivity contribution >= 4 is 0 Å². The summed E-state index contributed by atoms with van der Waals surface area (Å²) in [4.78, 5) is 4.15. The van der Waals surface area contributed by atoms with Crippen LogP contribution in [0.2, 0.25) is 0 Å². The third kappa shape index (κ3) is 4.01. The van der Waals surface area contributed by atoms with Crippen molar-refractivity contribution in [1.82, 2.24) is 10.3 Å². The lowest BCUT2D eigenvalue weighted by molar-refractivity contribution is 0.199. The van der Waals surface area contributed by atoms with Gasteiger partial charge in [-0.25, -0.2) is 9.37 Å². The van der Waals surface area contributed by atoms with E-state index < -0.39 is 5.82 Å². The van der Waals surface area contributed by atoms with E-state index in [2.05, 4.69) is 10.3 Å². The van der Waals surface area contributed by atoms with Crippen molar-refractivity contribution in [1.29, 1.82) is 0 Å². The maximum atomic E-state index is 13.6. The van der Waals surface area contributed by atoms with Gasteiger partial charge in [0.15, 0.2) is 11.6 Å². The molecular weight excluding hydrogens is 259 g/mol. The van der Waals surface area contributed by atoms with E-state index in [0.717, 1.165) is 12.1 Å². The minimum Gasteiger partial charge on any atom is -0.436 e. The smallest absolute Gasteiger partial charge is 0.223 e. The molecule has 0 atom stereocenters. The molecular formula is C15H17FN2O2. The molecule has 0 radical (unpaired) electrons. The van der Waals surface area contributed by atoms with Crippen LogP contribution >= 0.6 is 0 Å². The molecule has 1 aromatic heterocycles. The van der Waals surface area contributed by atoms with E-state index in [0.29, 0.717) is 19.0 Å². The molecule has 2 aromatic rings. The van der Waals surface area contributed by atoms with Crippen molar-refractivity contribution in [2.24, 2.45) is 0 Å². The number of hydrogen-bond acceptors (Lipinski definition) is 4. The number of nitrogens with zero attached hydrogens (tertiary/aromatic N) is 1. The number of para-hydroxylation sites is 1. The van der Waals surface area contributed by atoms with Crippen LogP contribution < -0.4 is 10.1 Å². The third-order valence-corrected chi connectivity index (χ3v) is 2.69. The Bertz CT molecular complexity index is 549. The number of pyridine rings is 1. The minimum atomic E-state index is -0.406. The van der Waals surface area contributed by atoms with Gasteiger partial charge in [-0.15, -0.1) is 0 Å². The van der Waals surface area contributed by atoms with Crippen molar-refractivity contribution < 1.29 is 13.9 Å². The SMILES string of the molecule is COCCNCc1cccnc1Oc1ccccc1F. The summed E-state index contributed by atoms with van der Waals surface area (Å²) in [6.45, 7) is 1.94. The molecule has 0 bridgehead atoms. The second-order valence-corrected chi connectivity index (χ2v) is 4.17. The molecule has 0 aliphatic carbocycles. The van der Waals surface area contributed by atoms with Gasteiger partial charge < -0.3 is 14.8 Å². The van der Waals surface area contributed by atoms with Crippen LogP contribution in [0.3, 0.4) is 0 Å². The van der Waals surface area contributed by atoms with Gasteiger partial charge in [0.1, 0.15) is 0 Å². The van der Waals surface area contributed by atoms with Gasteiger partial charge in [-0.1, -0.05) is 18.2 Å². The average Bonchev–Trinajstić information content (AvgIpc) is 2.47. The van der Waals surface area contributed by atoms with E-state index in [1.807, 2.05) is 12.1 Å². The molecule has 0 saturated heterocycles. The van der Waals surface area contributed by atoms with Crippen LogP contribution in [0.1, 0.15) is 5.56 Å². The van der Waals surface area contributed by atoms with Crippen LogP contribution in [0.5, 0.6) is 11.6 Å².